The van der Waals surface area contributed by atoms with Gasteiger partial charge in [-0.25, -0.2) is 0 Å². The molecule has 0 amide bonds. The zero-order valence-electron chi connectivity index (χ0n) is 13.4. The minimum Gasteiger partial charge on any atom is -0.308 e. The summed E-state index contributed by atoms with van der Waals surface area (Å²) in [4.78, 5) is 7.17. The van der Waals surface area contributed by atoms with Gasteiger partial charge in [-0.2, -0.15) is 0 Å². The molecular weight excluding hydrogens is 246 g/mol. The molecule has 1 atom stereocenters. The third kappa shape index (κ3) is 5.22. The van der Waals surface area contributed by atoms with Crippen LogP contribution < -0.4 is 5.32 Å². The van der Waals surface area contributed by atoms with Crippen molar-refractivity contribution in [1.29, 1.82) is 0 Å². The van der Waals surface area contributed by atoms with E-state index < -0.39 is 0 Å². The average molecular weight is 275 g/mol. The Labute approximate surface area is 123 Å². The van der Waals surface area contributed by atoms with Crippen LogP contribution in [0.25, 0.3) is 0 Å². The summed E-state index contributed by atoms with van der Waals surface area (Å²) in [5.74, 6) is 0.745. The summed E-state index contributed by atoms with van der Waals surface area (Å²) >= 11 is 0. The molecule has 1 fully saturated rings. The summed E-state index contributed by atoms with van der Waals surface area (Å²) in [5, 5.41) is 3.53. The van der Waals surface area contributed by atoms with Crippen LogP contribution in [0.1, 0.15) is 51.4 Å². The van der Waals surface area contributed by atoms with Crippen molar-refractivity contribution in [2.75, 3.05) is 7.05 Å². The summed E-state index contributed by atoms with van der Waals surface area (Å²) in [7, 11) is 2.20. The van der Waals surface area contributed by atoms with Gasteiger partial charge in [0, 0.05) is 25.2 Å². The first-order chi connectivity index (χ1) is 9.54. The highest BCUT2D eigenvalue weighted by Crippen LogP contribution is 2.19. The van der Waals surface area contributed by atoms with Crippen molar-refractivity contribution in [2.45, 2.75) is 65.2 Å². The summed E-state index contributed by atoms with van der Waals surface area (Å²) in [6.07, 6.45) is 3.89. The maximum Gasteiger partial charge on any atom is 0.0547 e. The van der Waals surface area contributed by atoms with Crippen LogP contribution in [0.5, 0.6) is 0 Å². The molecule has 2 rings (SSSR count). The highest BCUT2D eigenvalue weighted by atomic mass is 15.1. The second-order valence-corrected chi connectivity index (χ2v) is 6.67. The van der Waals surface area contributed by atoms with E-state index in [1.165, 1.54) is 30.7 Å². The molecule has 1 aromatic heterocycles. The maximum atomic E-state index is 4.77. The molecule has 3 heteroatoms. The van der Waals surface area contributed by atoms with E-state index in [2.05, 4.69) is 56.2 Å². The fourth-order valence-electron chi connectivity index (χ4n) is 2.53. The Kier molecular flexibility index (Phi) is 5.55. The topological polar surface area (TPSA) is 28.2 Å². The lowest BCUT2D eigenvalue weighted by Gasteiger charge is -2.25. The van der Waals surface area contributed by atoms with Gasteiger partial charge in [0.1, 0.15) is 0 Å². The van der Waals surface area contributed by atoms with Crippen LogP contribution in [0.2, 0.25) is 0 Å². The van der Waals surface area contributed by atoms with Crippen LogP contribution in [0.4, 0.5) is 0 Å². The second kappa shape index (κ2) is 7.19. The van der Waals surface area contributed by atoms with Crippen molar-refractivity contribution in [1.82, 2.24) is 15.2 Å². The van der Waals surface area contributed by atoms with Gasteiger partial charge < -0.3 is 5.32 Å². The highest BCUT2D eigenvalue weighted by Gasteiger charge is 2.20. The number of rotatable bonds is 8. The Hall–Kier alpha value is -0.930. The van der Waals surface area contributed by atoms with E-state index >= 15 is 0 Å². The van der Waals surface area contributed by atoms with Gasteiger partial charge in [-0.1, -0.05) is 19.9 Å². The molecule has 1 aliphatic carbocycles. The van der Waals surface area contributed by atoms with E-state index in [0.29, 0.717) is 6.04 Å². The standard InChI is InChI=1S/C17H29N3/c1-13(2)10-14(3)20(4)12-17-7-5-6-16(19-17)11-18-15-8-9-15/h5-7,13-15,18H,8-12H2,1-4H3. The Morgan fingerprint density at radius 3 is 2.60 bits per heavy atom. The predicted octanol–water partition coefficient (Wildman–Crippen LogP) is 3.20. The van der Waals surface area contributed by atoms with Gasteiger partial charge in [-0.15, -0.1) is 0 Å². The van der Waals surface area contributed by atoms with Crippen molar-refractivity contribution in [3.8, 4) is 0 Å². The molecule has 0 bridgehead atoms. The fourth-order valence-corrected chi connectivity index (χ4v) is 2.53. The number of nitrogens with one attached hydrogen (secondary N) is 1. The number of pyridine rings is 1. The third-order valence-electron chi connectivity index (χ3n) is 3.99. The number of hydrogen-bond donors (Lipinski definition) is 1. The molecule has 0 spiro atoms. The largest absolute Gasteiger partial charge is 0.308 e. The Morgan fingerprint density at radius 1 is 1.25 bits per heavy atom. The normalized spacial score (nSPS) is 16.9. The molecule has 1 unspecified atom stereocenters. The van der Waals surface area contributed by atoms with Crippen molar-refractivity contribution >= 4 is 0 Å². The smallest absolute Gasteiger partial charge is 0.0547 e. The Balaban J connectivity index is 1.85. The molecule has 1 aromatic rings. The summed E-state index contributed by atoms with van der Waals surface area (Å²) in [6.45, 7) is 8.72. The SMILES string of the molecule is CC(C)CC(C)N(C)Cc1cccc(CNC2CC2)n1. The van der Waals surface area contributed by atoms with Crippen LogP contribution >= 0.6 is 0 Å². The molecule has 1 saturated carbocycles. The molecule has 20 heavy (non-hydrogen) atoms. The first-order valence-corrected chi connectivity index (χ1v) is 7.93. The van der Waals surface area contributed by atoms with Crippen LogP contribution in [0.3, 0.4) is 0 Å². The molecule has 0 saturated heterocycles. The van der Waals surface area contributed by atoms with E-state index in [0.717, 1.165) is 25.0 Å². The van der Waals surface area contributed by atoms with Gasteiger partial charge in [-0.3, -0.25) is 9.88 Å². The van der Waals surface area contributed by atoms with E-state index in [1.54, 1.807) is 0 Å². The predicted molar refractivity (Wildman–Crippen MR) is 84.5 cm³/mol. The average Bonchev–Trinajstić information content (AvgIpc) is 3.20. The van der Waals surface area contributed by atoms with Crippen molar-refractivity contribution in [2.24, 2.45) is 5.92 Å². The van der Waals surface area contributed by atoms with Crippen molar-refractivity contribution < 1.29 is 0 Å². The van der Waals surface area contributed by atoms with Gasteiger partial charge in [0.2, 0.25) is 0 Å². The minimum absolute atomic E-state index is 0.602. The lowest BCUT2D eigenvalue weighted by atomic mass is 10.0. The van der Waals surface area contributed by atoms with Crippen LogP contribution in [0.15, 0.2) is 18.2 Å². The monoisotopic (exact) mass is 275 g/mol. The molecule has 0 aromatic carbocycles. The van der Waals surface area contributed by atoms with Crippen LogP contribution in [-0.4, -0.2) is 29.0 Å². The van der Waals surface area contributed by atoms with Crippen molar-refractivity contribution in [3.05, 3.63) is 29.6 Å². The molecule has 0 aliphatic heterocycles. The zero-order chi connectivity index (χ0) is 14.5. The summed E-state index contributed by atoms with van der Waals surface area (Å²) in [6, 6.07) is 7.74. The summed E-state index contributed by atoms with van der Waals surface area (Å²) in [5.41, 5.74) is 2.34. The Morgan fingerprint density at radius 2 is 1.95 bits per heavy atom. The first kappa shape index (κ1) is 15.5. The third-order valence-corrected chi connectivity index (χ3v) is 3.99. The number of nitrogens with zero attached hydrogens (tertiary/aromatic N) is 2. The minimum atomic E-state index is 0.602. The molecule has 3 nitrogen and oxygen atoms in total. The van der Waals surface area contributed by atoms with E-state index in [9.17, 15) is 0 Å². The molecule has 1 heterocycles. The van der Waals surface area contributed by atoms with Gasteiger partial charge in [-0.05, 0) is 51.3 Å². The summed E-state index contributed by atoms with van der Waals surface area (Å²) < 4.78 is 0. The van der Waals surface area contributed by atoms with Gasteiger partial charge in [0.15, 0.2) is 0 Å². The molecule has 112 valence electrons. The quantitative estimate of drug-likeness (QED) is 0.789. The van der Waals surface area contributed by atoms with E-state index in [-0.39, 0.29) is 0 Å². The van der Waals surface area contributed by atoms with Crippen LogP contribution in [-0.2, 0) is 13.1 Å². The van der Waals surface area contributed by atoms with E-state index in [1.807, 2.05) is 0 Å². The Bertz CT molecular complexity index is 412. The fraction of sp³-hybridized carbons (Fsp3) is 0.706. The highest BCUT2D eigenvalue weighted by molar-refractivity contribution is 5.11. The van der Waals surface area contributed by atoms with Gasteiger partial charge in [0.05, 0.1) is 11.4 Å². The lowest BCUT2D eigenvalue weighted by Crippen LogP contribution is -2.30. The van der Waals surface area contributed by atoms with Gasteiger partial charge >= 0.3 is 0 Å². The molecule has 1 N–H and O–H groups in total. The molecule has 0 radical (unpaired) electrons. The lowest BCUT2D eigenvalue weighted by molar-refractivity contribution is 0.218. The van der Waals surface area contributed by atoms with Crippen LogP contribution in [0, 0.1) is 5.92 Å². The van der Waals surface area contributed by atoms with Gasteiger partial charge in [0.25, 0.3) is 0 Å². The molecular formula is C17H29N3. The molecule has 1 aliphatic rings. The van der Waals surface area contributed by atoms with Crippen molar-refractivity contribution in [3.63, 3.8) is 0 Å². The number of hydrogen-bond acceptors (Lipinski definition) is 3. The maximum absolute atomic E-state index is 4.77. The number of aromatic nitrogens is 1. The van der Waals surface area contributed by atoms with E-state index in [4.69, 9.17) is 4.98 Å². The second-order valence-electron chi connectivity index (χ2n) is 6.67. The zero-order valence-corrected chi connectivity index (χ0v) is 13.4. The first-order valence-electron chi connectivity index (χ1n) is 7.93.